The lowest BCUT2D eigenvalue weighted by molar-refractivity contribution is -0.124. The summed E-state index contributed by atoms with van der Waals surface area (Å²) in [5, 5.41) is 13.2. The van der Waals surface area contributed by atoms with Crippen molar-refractivity contribution in [1.82, 2.24) is 5.32 Å². The van der Waals surface area contributed by atoms with Crippen LogP contribution in [0, 0.1) is 0 Å². The molecule has 1 atom stereocenters. The highest BCUT2D eigenvalue weighted by molar-refractivity contribution is 5.77. The van der Waals surface area contributed by atoms with Gasteiger partial charge in [0.1, 0.15) is 17.2 Å². The molecule has 2 aromatic carbocycles. The zero-order valence-electron chi connectivity index (χ0n) is 15.3. The Balaban J connectivity index is 1.76. The van der Waals surface area contributed by atoms with Gasteiger partial charge >= 0.3 is 0 Å². The monoisotopic (exact) mass is 359 g/mol. The number of aliphatic hydroxyl groups is 1. The van der Waals surface area contributed by atoms with Crippen LogP contribution in [-0.4, -0.2) is 44.0 Å². The van der Waals surface area contributed by atoms with Crippen LogP contribution in [0.5, 0.6) is 17.2 Å². The Morgan fingerprint density at radius 3 is 2.00 bits per heavy atom. The maximum atomic E-state index is 11.9. The molecule has 2 N–H and O–H groups in total. The summed E-state index contributed by atoms with van der Waals surface area (Å²) in [6, 6.07) is 14.4. The second-order valence-corrected chi connectivity index (χ2v) is 6.26. The van der Waals surface area contributed by atoms with Crippen molar-refractivity contribution in [3.8, 4) is 17.2 Å². The summed E-state index contributed by atoms with van der Waals surface area (Å²) >= 11 is 0. The number of carbonyl (C=O) groups is 1. The van der Waals surface area contributed by atoms with Crippen molar-refractivity contribution in [1.29, 1.82) is 0 Å². The highest BCUT2D eigenvalue weighted by atomic mass is 16.5. The van der Waals surface area contributed by atoms with Gasteiger partial charge in [-0.1, -0.05) is 12.1 Å². The van der Waals surface area contributed by atoms with Crippen LogP contribution in [-0.2, 0) is 11.2 Å². The Morgan fingerprint density at radius 2 is 1.46 bits per heavy atom. The van der Waals surface area contributed by atoms with Gasteiger partial charge < -0.3 is 24.6 Å². The molecule has 0 aliphatic heterocycles. The molecule has 2 rings (SSSR count). The second-order valence-electron chi connectivity index (χ2n) is 6.26. The van der Waals surface area contributed by atoms with Gasteiger partial charge in [-0.3, -0.25) is 4.79 Å². The van der Waals surface area contributed by atoms with Gasteiger partial charge in [0, 0.05) is 13.0 Å². The molecule has 140 valence electrons. The second kappa shape index (κ2) is 9.10. The lowest BCUT2D eigenvalue weighted by Crippen LogP contribution is -2.43. The number of rotatable bonds is 9. The molecule has 1 unspecified atom stereocenters. The van der Waals surface area contributed by atoms with Crippen molar-refractivity contribution in [2.24, 2.45) is 0 Å². The average molecular weight is 359 g/mol. The number of hydrogen-bond acceptors (Lipinski definition) is 5. The van der Waals surface area contributed by atoms with Crippen molar-refractivity contribution < 1.29 is 24.1 Å². The van der Waals surface area contributed by atoms with E-state index in [1.807, 2.05) is 24.3 Å². The fraction of sp³-hybridized carbons (Fsp3) is 0.350. The first-order valence-corrected chi connectivity index (χ1v) is 8.31. The van der Waals surface area contributed by atoms with Crippen molar-refractivity contribution in [2.75, 3.05) is 27.4 Å². The largest absolute Gasteiger partial charge is 0.497 e. The van der Waals surface area contributed by atoms with E-state index in [2.05, 4.69) is 5.32 Å². The number of nitrogens with one attached hydrogen (secondary N) is 1. The molecule has 0 radical (unpaired) electrons. The fourth-order valence-corrected chi connectivity index (χ4v) is 2.41. The molecule has 1 amide bonds. The van der Waals surface area contributed by atoms with E-state index in [1.165, 1.54) is 0 Å². The molecule has 0 heterocycles. The molecule has 0 spiro atoms. The smallest absolute Gasteiger partial charge is 0.258 e. The lowest BCUT2D eigenvalue weighted by atomic mass is 9.96. The van der Waals surface area contributed by atoms with Gasteiger partial charge in [-0.25, -0.2) is 0 Å². The van der Waals surface area contributed by atoms with Gasteiger partial charge in [0.05, 0.1) is 19.8 Å². The van der Waals surface area contributed by atoms with Gasteiger partial charge in [0.25, 0.3) is 5.91 Å². The number of amides is 1. The Hall–Kier alpha value is -2.73. The van der Waals surface area contributed by atoms with Crippen LogP contribution in [0.1, 0.15) is 12.5 Å². The minimum Gasteiger partial charge on any atom is -0.497 e. The molecule has 0 aromatic heterocycles. The Labute approximate surface area is 153 Å². The maximum Gasteiger partial charge on any atom is 0.258 e. The van der Waals surface area contributed by atoms with Crippen LogP contribution in [0.4, 0.5) is 0 Å². The Bertz CT molecular complexity index is 695. The van der Waals surface area contributed by atoms with E-state index < -0.39 is 5.60 Å². The predicted molar refractivity (Wildman–Crippen MR) is 98.8 cm³/mol. The third-order valence-corrected chi connectivity index (χ3v) is 3.84. The molecular formula is C20H25NO5. The van der Waals surface area contributed by atoms with Crippen molar-refractivity contribution in [2.45, 2.75) is 18.9 Å². The summed E-state index contributed by atoms with van der Waals surface area (Å²) in [6.07, 6.45) is 0.413. The molecule has 0 fully saturated rings. The van der Waals surface area contributed by atoms with Crippen LogP contribution in [0.3, 0.4) is 0 Å². The quantitative estimate of drug-likeness (QED) is 0.718. The third kappa shape index (κ3) is 6.29. The van der Waals surface area contributed by atoms with Crippen LogP contribution in [0.15, 0.2) is 48.5 Å². The van der Waals surface area contributed by atoms with Gasteiger partial charge in [-0.05, 0) is 48.9 Å². The molecule has 0 aliphatic carbocycles. The number of carbonyl (C=O) groups excluding carboxylic acids is 1. The van der Waals surface area contributed by atoms with E-state index in [1.54, 1.807) is 45.4 Å². The number of methoxy groups -OCH3 is 2. The number of hydrogen-bond donors (Lipinski definition) is 2. The van der Waals surface area contributed by atoms with Crippen LogP contribution in [0.2, 0.25) is 0 Å². The van der Waals surface area contributed by atoms with Gasteiger partial charge in [-0.15, -0.1) is 0 Å². The highest BCUT2D eigenvalue weighted by Crippen LogP contribution is 2.18. The molecule has 0 saturated carbocycles. The van der Waals surface area contributed by atoms with E-state index in [9.17, 15) is 9.90 Å². The molecule has 6 heteroatoms. The van der Waals surface area contributed by atoms with Gasteiger partial charge in [-0.2, -0.15) is 0 Å². The summed E-state index contributed by atoms with van der Waals surface area (Å²) in [5.74, 6) is 1.76. The summed E-state index contributed by atoms with van der Waals surface area (Å²) < 4.78 is 15.6. The normalized spacial score (nSPS) is 12.8. The predicted octanol–water partition coefficient (Wildman–Crippen LogP) is 2.19. The van der Waals surface area contributed by atoms with Crippen molar-refractivity contribution in [3.63, 3.8) is 0 Å². The topological polar surface area (TPSA) is 77.0 Å². The Morgan fingerprint density at radius 1 is 0.962 bits per heavy atom. The molecule has 0 aliphatic rings. The van der Waals surface area contributed by atoms with Gasteiger partial charge in [0.2, 0.25) is 0 Å². The van der Waals surface area contributed by atoms with E-state index >= 15 is 0 Å². The lowest BCUT2D eigenvalue weighted by Gasteiger charge is -2.24. The minimum absolute atomic E-state index is 0.120. The third-order valence-electron chi connectivity index (χ3n) is 3.84. The SMILES string of the molecule is COc1ccc(CC(C)(O)CNC(=O)COc2ccc(OC)cc2)cc1. The zero-order valence-corrected chi connectivity index (χ0v) is 15.3. The standard InChI is InChI=1S/C20H25NO5/c1-20(23,12-15-4-6-16(24-2)7-5-15)14-21-19(22)13-26-18-10-8-17(25-3)9-11-18/h4-11,23H,12-14H2,1-3H3,(H,21,22). The summed E-state index contributed by atoms with van der Waals surface area (Å²) in [7, 11) is 3.19. The maximum absolute atomic E-state index is 11.9. The van der Waals surface area contributed by atoms with Crippen molar-refractivity contribution >= 4 is 5.91 Å². The van der Waals surface area contributed by atoms with E-state index in [0.717, 1.165) is 17.1 Å². The molecule has 26 heavy (non-hydrogen) atoms. The molecule has 0 saturated heterocycles. The highest BCUT2D eigenvalue weighted by Gasteiger charge is 2.22. The zero-order chi connectivity index (χ0) is 19.0. The first-order valence-electron chi connectivity index (χ1n) is 8.31. The minimum atomic E-state index is -1.07. The fourth-order valence-electron chi connectivity index (χ4n) is 2.41. The first-order chi connectivity index (χ1) is 12.4. The molecule has 0 bridgehead atoms. The van der Waals surface area contributed by atoms with Gasteiger partial charge in [0.15, 0.2) is 6.61 Å². The van der Waals surface area contributed by atoms with Crippen LogP contribution >= 0.6 is 0 Å². The van der Waals surface area contributed by atoms with Crippen molar-refractivity contribution in [3.05, 3.63) is 54.1 Å². The molecule has 6 nitrogen and oxygen atoms in total. The summed E-state index contributed by atoms with van der Waals surface area (Å²) in [6.45, 7) is 1.69. The van der Waals surface area contributed by atoms with E-state index in [4.69, 9.17) is 14.2 Å². The van der Waals surface area contributed by atoms with Crippen LogP contribution in [0.25, 0.3) is 0 Å². The average Bonchev–Trinajstić information content (AvgIpc) is 2.65. The first kappa shape index (κ1) is 19.6. The number of benzene rings is 2. The molecular weight excluding hydrogens is 334 g/mol. The molecule has 2 aromatic rings. The Kier molecular flexibility index (Phi) is 6.86. The van der Waals surface area contributed by atoms with E-state index in [-0.39, 0.29) is 19.1 Å². The summed E-state index contributed by atoms with van der Waals surface area (Å²) in [4.78, 5) is 11.9. The van der Waals surface area contributed by atoms with E-state index in [0.29, 0.717) is 12.2 Å². The summed E-state index contributed by atoms with van der Waals surface area (Å²) in [5.41, 5.74) is -0.107. The van der Waals surface area contributed by atoms with Crippen LogP contribution < -0.4 is 19.5 Å². The number of ether oxygens (including phenoxy) is 3.